The second-order valence-corrected chi connectivity index (χ2v) is 6.28. The van der Waals surface area contributed by atoms with Crippen LogP contribution in [-0.4, -0.2) is 55.8 Å². The predicted molar refractivity (Wildman–Crippen MR) is 85.5 cm³/mol. The number of likely N-dealkylation sites (tertiary alicyclic amines) is 1. The van der Waals surface area contributed by atoms with Crippen molar-refractivity contribution in [3.05, 3.63) is 27.7 Å². The zero-order valence-corrected chi connectivity index (χ0v) is 14.3. The molecule has 126 valence electrons. The fraction of sp³-hybridized carbons (Fsp3) is 0.467. The van der Waals surface area contributed by atoms with Gasteiger partial charge in [-0.2, -0.15) is 0 Å². The van der Waals surface area contributed by atoms with Crippen LogP contribution < -0.4 is 4.74 Å². The van der Waals surface area contributed by atoms with Crippen LogP contribution in [0.4, 0.5) is 0 Å². The second-order valence-electron chi connectivity index (χ2n) is 5.46. The molecule has 1 atom stereocenters. The predicted octanol–water partition coefficient (Wildman–Crippen LogP) is 2.57. The molecule has 1 aliphatic heterocycles. The summed E-state index contributed by atoms with van der Waals surface area (Å²) in [6.45, 7) is 0.431. The molecular weight excluding hydrogens is 345 g/mol. The number of carbonyl (C=O) groups excluding carboxylic acids is 1. The van der Waals surface area contributed by atoms with Gasteiger partial charge in [-0.3, -0.25) is 9.59 Å². The van der Waals surface area contributed by atoms with E-state index < -0.39 is 11.4 Å². The first-order valence-corrected chi connectivity index (χ1v) is 7.65. The van der Waals surface area contributed by atoms with Gasteiger partial charge >= 0.3 is 5.97 Å². The van der Waals surface area contributed by atoms with Crippen LogP contribution in [0.25, 0.3) is 0 Å². The quantitative estimate of drug-likeness (QED) is 0.871. The molecule has 1 aromatic carbocycles. The average molecular weight is 362 g/mol. The maximum Gasteiger partial charge on any atom is 0.313 e. The maximum atomic E-state index is 12.7. The lowest BCUT2D eigenvalue weighted by Gasteiger charge is -2.24. The Morgan fingerprint density at radius 2 is 1.96 bits per heavy atom. The number of aliphatic carboxylic acids is 1. The molecule has 1 aliphatic rings. The molecule has 0 aliphatic carbocycles. The molecule has 0 saturated carbocycles. The van der Waals surface area contributed by atoms with Crippen molar-refractivity contribution in [2.45, 2.75) is 6.42 Å². The van der Waals surface area contributed by atoms with Crippen molar-refractivity contribution in [2.24, 2.45) is 5.41 Å². The third kappa shape index (κ3) is 3.39. The van der Waals surface area contributed by atoms with Gasteiger partial charge in [0, 0.05) is 26.3 Å². The Morgan fingerprint density at radius 1 is 1.30 bits per heavy atom. The molecule has 1 unspecified atom stereocenters. The number of nitrogens with zero attached hydrogens (tertiary/aromatic N) is 1. The normalized spacial score (nSPS) is 20.6. The summed E-state index contributed by atoms with van der Waals surface area (Å²) in [6.07, 6.45) is 0.325. The molecule has 1 fully saturated rings. The van der Waals surface area contributed by atoms with Gasteiger partial charge in [-0.1, -0.05) is 23.2 Å². The Labute approximate surface area is 143 Å². The van der Waals surface area contributed by atoms with Crippen LogP contribution in [-0.2, 0) is 9.53 Å². The number of methoxy groups -OCH3 is 2. The van der Waals surface area contributed by atoms with Crippen molar-refractivity contribution in [1.29, 1.82) is 0 Å². The first-order valence-electron chi connectivity index (χ1n) is 6.89. The lowest BCUT2D eigenvalue weighted by Crippen LogP contribution is -2.40. The van der Waals surface area contributed by atoms with Gasteiger partial charge in [0.1, 0.15) is 11.2 Å². The van der Waals surface area contributed by atoms with Crippen molar-refractivity contribution < 1.29 is 24.2 Å². The summed E-state index contributed by atoms with van der Waals surface area (Å²) < 4.78 is 10.2. The number of halogens is 2. The van der Waals surface area contributed by atoms with Crippen LogP contribution in [0.15, 0.2) is 12.1 Å². The highest BCUT2D eigenvalue weighted by molar-refractivity contribution is 6.42. The van der Waals surface area contributed by atoms with Crippen LogP contribution in [0.5, 0.6) is 5.75 Å². The summed E-state index contributed by atoms with van der Waals surface area (Å²) in [7, 11) is 2.87. The smallest absolute Gasteiger partial charge is 0.313 e. The lowest BCUT2D eigenvalue weighted by molar-refractivity contribution is -0.151. The second kappa shape index (κ2) is 6.95. The molecule has 0 aromatic heterocycles. The Balaban J connectivity index is 2.29. The van der Waals surface area contributed by atoms with Crippen LogP contribution in [0.3, 0.4) is 0 Å². The number of amides is 1. The summed E-state index contributed by atoms with van der Waals surface area (Å²) in [5, 5.41) is 9.98. The number of benzene rings is 1. The van der Waals surface area contributed by atoms with E-state index in [1.165, 1.54) is 31.3 Å². The largest absolute Gasteiger partial charge is 0.496 e. The number of rotatable bonds is 5. The Morgan fingerprint density at radius 3 is 2.52 bits per heavy atom. The first kappa shape index (κ1) is 17.8. The molecule has 1 aromatic rings. The standard InChI is InChI=1S/C15H17Cl2NO5/c1-22-8-15(14(20)21)3-4-18(7-15)13(19)9-5-10(16)11(17)6-12(9)23-2/h5-6H,3-4,7-8H2,1-2H3,(H,20,21). The molecule has 1 amide bonds. The summed E-state index contributed by atoms with van der Waals surface area (Å²) in [4.78, 5) is 25.7. The highest BCUT2D eigenvalue weighted by atomic mass is 35.5. The monoisotopic (exact) mass is 361 g/mol. The number of hydrogen-bond acceptors (Lipinski definition) is 4. The fourth-order valence-corrected chi connectivity index (χ4v) is 3.03. The number of hydrogen-bond donors (Lipinski definition) is 1. The van der Waals surface area contributed by atoms with Crippen molar-refractivity contribution in [3.8, 4) is 5.75 Å². The zero-order valence-electron chi connectivity index (χ0n) is 12.8. The van der Waals surface area contributed by atoms with Gasteiger partial charge in [0.2, 0.25) is 0 Å². The van der Waals surface area contributed by atoms with Crippen molar-refractivity contribution in [1.82, 2.24) is 4.90 Å². The van der Waals surface area contributed by atoms with Crippen LogP contribution in [0, 0.1) is 5.41 Å². The van der Waals surface area contributed by atoms with Crippen molar-refractivity contribution in [3.63, 3.8) is 0 Å². The van der Waals surface area contributed by atoms with Gasteiger partial charge in [-0.05, 0) is 12.5 Å². The number of carboxylic acid groups (broad SMARTS) is 1. The van der Waals surface area contributed by atoms with E-state index in [4.69, 9.17) is 32.7 Å². The van der Waals surface area contributed by atoms with Gasteiger partial charge in [-0.15, -0.1) is 0 Å². The van der Waals surface area contributed by atoms with E-state index in [2.05, 4.69) is 0 Å². The fourth-order valence-electron chi connectivity index (χ4n) is 2.71. The maximum absolute atomic E-state index is 12.7. The Kier molecular flexibility index (Phi) is 5.39. The van der Waals surface area contributed by atoms with Gasteiger partial charge in [0.05, 0.1) is 29.3 Å². The SMILES string of the molecule is COCC1(C(=O)O)CCN(C(=O)c2cc(Cl)c(Cl)cc2OC)C1. The van der Waals surface area contributed by atoms with Crippen LogP contribution >= 0.6 is 23.2 Å². The molecule has 0 bridgehead atoms. The van der Waals surface area contributed by atoms with Crippen LogP contribution in [0.2, 0.25) is 10.0 Å². The molecular formula is C15H17Cl2NO5. The van der Waals surface area contributed by atoms with E-state index in [-0.39, 0.29) is 34.7 Å². The minimum atomic E-state index is -1.09. The molecule has 1 heterocycles. The van der Waals surface area contributed by atoms with Gasteiger partial charge in [-0.25, -0.2) is 0 Å². The highest BCUT2D eigenvalue weighted by Crippen LogP contribution is 2.35. The topological polar surface area (TPSA) is 76.1 Å². The van der Waals surface area contributed by atoms with Crippen molar-refractivity contribution >= 4 is 35.1 Å². The number of carboxylic acids is 1. The van der Waals surface area contributed by atoms with Gasteiger partial charge in [0.25, 0.3) is 5.91 Å². The minimum Gasteiger partial charge on any atom is -0.496 e. The molecule has 0 spiro atoms. The third-order valence-electron chi connectivity index (χ3n) is 3.99. The summed E-state index contributed by atoms with van der Waals surface area (Å²) >= 11 is 11.9. The lowest BCUT2D eigenvalue weighted by atomic mass is 9.88. The average Bonchev–Trinajstić information content (AvgIpc) is 2.95. The summed E-state index contributed by atoms with van der Waals surface area (Å²) in [5.41, 5.74) is -0.839. The van der Waals surface area contributed by atoms with E-state index in [9.17, 15) is 14.7 Å². The molecule has 0 radical (unpaired) electrons. The minimum absolute atomic E-state index is 0.0463. The number of ether oxygens (including phenoxy) is 2. The zero-order chi connectivity index (χ0) is 17.2. The third-order valence-corrected chi connectivity index (χ3v) is 4.71. The Bertz CT molecular complexity index is 637. The molecule has 23 heavy (non-hydrogen) atoms. The van der Waals surface area contributed by atoms with E-state index in [0.717, 1.165) is 0 Å². The molecule has 6 nitrogen and oxygen atoms in total. The molecule has 1 N–H and O–H groups in total. The van der Waals surface area contributed by atoms with Gasteiger partial charge in [0.15, 0.2) is 0 Å². The van der Waals surface area contributed by atoms with E-state index in [0.29, 0.717) is 18.7 Å². The molecule has 2 rings (SSSR count). The molecule has 8 heteroatoms. The number of carbonyl (C=O) groups is 2. The van der Waals surface area contributed by atoms with E-state index in [1.807, 2.05) is 0 Å². The van der Waals surface area contributed by atoms with Gasteiger partial charge < -0.3 is 19.5 Å². The summed E-state index contributed by atoms with van der Waals surface area (Å²) in [6, 6.07) is 2.90. The molecule has 1 saturated heterocycles. The summed E-state index contributed by atoms with van der Waals surface area (Å²) in [5.74, 6) is -1.03. The van der Waals surface area contributed by atoms with Crippen molar-refractivity contribution in [2.75, 3.05) is 33.9 Å². The van der Waals surface area contributed by atoms with E-state index in [1.54, 1.807) is 0 Å². The van der Waals surface area contributed by atoms with Crippen LogP contribution in [0.1, 0.15) is 16.8 Å². The Hall–Kier alpha value is -1.50. The first-order chi connectivity index (χ1) is 10.8. The van der Waals surface area contributed by atoms with E-state index >= 15 is 0 Å². The highest BCUT2D eigenvalue weighted by Gasteiger charge is 2.46.